The van der Waals surface area contributed by atoms with Crippen LogP contribution in [-0.4, -0.2) is 27.2 Å². The first-order chi connectivity index (χ1) is 9.09. The first-order valence-corrected chi connectivity index (χ1v) is 5.51. The fraction of sp³-hybridized carbons (Fsp3) is 0. The van der Waals surface area contributed by atoms with Crippen molar-refractivity contribution in [3.63, 3.8) is 0 Å². The molecule has 0 atom stereocenters. The van der Waals surface area contributed by atoms with Crippen LogP contribution in [0.3, 0.4) is 0 Å². The predicted octanol–water partition coefficient (Wildman–Crippen LogP) is 1.74. The van der Waals surface area contributed by atoms with Crippen LogP contribution in [0.5, 0.6) is 0 Å². The van der Waals surface area contributed by atoms with E-state index in [-0.39, 0.29) is 17.4 Å². The number of amides is 1. The fourth-order valence-corrected chi connectivity index (χ4v) is 2.06. The van der Waals surface area contributed by atoms with E-state index in [1.807, 2.05) is 6.07 Å². The summed E-state index contributed by atoms with van der Waals surface area (Å²) < 4.78 is 0. The van der Waals surface area contributed by atoms with Gasteiger partial charge in [0.15, 0.2) is 5.82 Å². The molecule has 19 heavy (non-hydrogen) atoms. The van der Waals surface area contributed by atoms with Crippen molar-refractivity contribution in [3.05, 3.63) is 53.7 Å². The summed E-state index contributed by atoms with van der Waals surface area (Å²) in [6.45, 7) is 3.86. The number of rotatable bonds is 2. The predicted molar refractivity (Wildman–Crippen MR) is 67.8 cm³/mol. The number of benzene rings is 1. The first-order valence-electron chi connectivity index (χ1n) is 5.51. The summed E-state index contributed by atoms with van der Waals surface area (Å²) >= 11 is 0. The molecule has 0 spiro atoms. The zero-order chi connectivity index (χ0) is 13.6. The highest BCUT2D eigenvalue weighted by molar-refractivity contribution is 6.21. The van der Waals surface area contributed by atoms with E-state index in [1.165, 1.54) is 11.0 Å². The van der Waals surface area contributed by atoms with Gasteiger partial charge >= 0.3 is 5.97 Å². The highest BCUT2D eigenvalue weighted by Gasteiger charge is 2.33. The number of hydrogen-bond acceptors (Lipinski definition) is 3. The summed E-state index contributed by atoms with van der Waals surface area (Å²) in [5.74, 6) is -1.17. The normalized spacial score (nSPS) is 13.8. The van der Waals surface area contributed by atoms with Crippen molar-refractivity contribution in [2.45, 2.75) is 0 Å². The van der Waals surface area contributed by atoms with Gasteiger partial charge in [-0.05, 0) is 6.07 Å². The molecule has 1 aromatic carbocycles. The number of nitrogens with one attached hydrogen (secondary N) is 1. The van der Waals surface area contributed by atoms with Gasteiger partial charge in [0, 0.05) is 17.2 Å². The molecule has 3 rings (SSSR count). The molecule has 2 heterocycles. The maximum absolute atomic E-state index is 12.3. The molecule has 1 amide bonds. The first kappa shape index (κ1) is 11.2. The van der Waals surface area contributed by atoms with Crippen molar-refractivity contribution in [2.24, 2.45) is 0 Å². The van der Waals surface area contributed by atoms with E-state index in [0.29, 0.717) is 11.3 Å². The summed E-state index contributed by atoms with van der Waals surface area (Å²) in [7, 11) is 0. The molecule has 0 fully saturated rings. The molecular formula is C13H9N3O3. The number of carbonyl (C=O) groups excluding carboxylic acids is 1. The van der Waals surface area contributed by atoms with Gasteiger partial charge in [-0.25, -0.2) is 4.79 Å². The Hall–Kier alpha value is -2.89. The number of fused-ring (bicyclic) bond motifs is 1. The molecule has 94 valence electrons. The zero-order valence-electron chi connectivity index (χ0n) is 9.75. The third kappa shape index (κ3) is 1.54. The average molecular weight is 255 g/mol. The molecule has 0 bridgehead atoms. The van der Waals surface area contributed by atoms with Gasteiger partial charge in [0.2, 0.25) is 0 Å². The number of carboxylic acid groups (broad SMARTS) is 1. The van der Waals surface area contributed by atoms with Gasteiger partial charge in [-0.2, -0.15) is 5.10 Å². The fourth-order valence-electron chi connectivity index (χ4n) is 2.06. The third-order valence-corrected chi connectivity index (χ3v) is 2.97. The van der Waals surface area contributed by atoms with E-state index in [0.717, 1.165) is 5.56 Å². The van der Waals surface area contributed by atoms with Gasteiger partial charge in [-0.3, -0.25) is 14.8 Å². The number of aromatic nitrogens is 2. The molecule has 2 aromatic rings. The Morgan fingerprint density at radius 2 is 2.00 bits per heavy atom. The molecule has 6 heteroatoms. The van der Waals surface area contributed by atoms with Crippen molar-refractivity contribution in [2.75, 3.05) is 4.90 Å². The lowest BCUT2D eigenvalue weighted by molar-refractivity contribution is 0.0690. The molecule has 0 saturated carbocycles. The Bertz CT molecular complexity index is 682. The second kappa shape index (κ2) is 3.81. The van der Waals surface area contributed by atoms with Crippen LogP contribution >= 0.6 is 0 Å². The van der Waals surface area contributed by atoms with Crippen LogP contribution in [0.1, 0.15) is 26.4 Å². The molecular weight excluding hydrogens is 246 g/mol. The van der Waals surface area contributed by atoms with Crippen molar-refractivity contribution >= 4 is 23.4 Å². The van der Waals surface area contributed by atoms with Crippen LogP contribution in [-0.2, 0) is 0 Å². The van der Waals surface area contributed by atoms with Crippen molar-refractivity contribution in [1.29, 1.82) is 0 Å². The lowest BCUT2D eigenvalue weighted by Gasteiger charge is -2.13. The highest BCUT2D eigenvalue weighted by Crippen LogP contribution is 2.34. The summed E-state index contributed by atoms with van der Waals surface area (Å²) in [6, 6.07) is 8.37. The van der Waals surface area contributed by atoms with Crippen molar-refractivity contribution in [3.8, 4) is 0 Å². The monoisotopic (exact) mass is 255 g/mol. The molecule has 0 radical (unpaired) electrons. The van der Waals surface area contributed by atoms with Crippen molar-refractivity contribution < 1.29 is 14.7 Å². The number of nitrogens with zero attached hydrogens (tertiary/aromatic N) is 2. The molecule has 2 N–H and O–H groups in total. The summed E-state index contributed by atoms with van der Waals surface area (Å²) in [5, 5.41) is 15.1. The van der Waals surface area contributed by atoms with Crippen LogP contribution in [0.15, 0.2) is 36.9 Å². The number of aromatic amines is 1. The molecule has 1 aliphatic rings. The molecule has 0 saturated heterocycles. The maximum atomic E-state index is 12.3. The van der Waals surface area contributed by atoms with Crippen LogP contribution in [0.2, 0.25) is 0 Å². The largest absolute Gasteiger partial charge is 0.477 e. The van der Waals surface area contributed by atoms with Gasteiger partial charge in [0.1, 0.15) is 5.69 Å². The lowest BCUT2D eigenvalue weighted by atomic mass is 10.1. The Balaban J connectivity index is 2.06. The van der Waals surface area contributed by atoms with Crippen LogP contribution in [0.25, 0.3) is 5.70 Å². The SMILES string of the molecule is C=C1c2ccccc2C(=O)N1c1cc(C(=O)O)[nH]n1. The molecule has 1 aromatic heterocycles. The standard InChI is InChI=1S/C13H9N3O3/c1-7-8-4-2-3-5-9(8)12(17)16(7)11-6-10(13(18)19)14-15-11/h2-6H,1H2,(H,14,15)(H,18,19). The minimum atomic E-state index is -1.13. The van der Waals surface area contributed by atoms with E-state index >= 15 is 0 Å². The Morgan fingerprint density at radius 1 is 1.32 bits per heavy atom. The number of carboxylic acids is 1. The third-order valence-electron chi connectivity index (χ3n) is 2.97. The van der Waals surface area contributed by atoms with E-state index < -0.39 is 5.97 Å². The van der Waals surface area contributed by atoms with E-state index in [9.17, 15) is 9.59 Å². The van der Waals surface area contributed by atoms with Crippen LogP contribution in [0.4, 0.5) is 5.82 Å². The van der Waals surface area contributed by atoms with Crippen LogP contribution < -0.4 is 4.90 Å². The Labute approximate surface area is 108 Å². The second-order valence-electron chi connectivity index (χ2n) is 4.08. The van der Waals surface area contributed by atoms with Gasteiger partial charge in [-0.1, -0.05) is 24.8 Å². The molecule has 0 aliphatic carbocycles. The zero-order valence-corrected chi connectivity index (χ0v) is 9.75. The Morgan fingerprint density at radius 3 is 2.58 bits per heavy atom. The Kier molecular flexibility index (Phi) is 2.25. The van der Waals surface area contributed by atoms with Gasteiger partial charge in [-0.15, -0.1) is 0 Å². The smallest absolute Gasteiger partial charge is 0.353 e. The maximum Gasteiger partial charge on any atom is 0.353 e. The number of anilines is 1. The van der Waals surface area contributed by atoms with Crippen LogP contribution in [0, 0.1) is 0 Å². The number of H-pyrrole nitrogens is 1. The van der Waals surface area contributed by atoms with Crippen molar-refractivity contribution in [1.82, 2.24) is 10.2 Å². The second-order valence-corrected chi connectivity index (χ2v) is 4.08. The number of carbonyl (C=O) groups is 2. The highest BCUT2D eigenvalue weighted by atomic mass is 16.4. The summed E-state index contributed by atoms with van der Waals surface area (Å²) in [6.07, 6.45) is 0. The topological polar surface area (TPSA) is 86.3 Å². The molecule has 1 aliphatic heterocycles. The molecule has 6 nitrogen and oxygen atoms in total. The quantitative estimate of drug-likeness (QED) is 0.855. The minimum Gasteiger partial charge on any atom is -0.477 e. The summed E-state index contributed by atoms with van der Waals surface area (Å²) in [5.41, 5.74) is 1.68. The van der Waals surface area contributed by atoms with E-state index in [1.54, 1.807) is 18.2 Å². The average Bonchev–Trinajstić information content (AvgIpc) is 2.96. The van der Waals surface area contributed by atoms with Gasteiger partial charge in [0.05, 0.1) is 5.70 Å². The van der Waals surface area contributed by atoms with E-state index in [4.69, 9.17) is 5.11 Å². The molecule has 0 unspecified atom stereocenters. The van der Waals surface area contributed by atoms with E-state index in [2.05, 4.69) is 16.8 Å². The minimum absolute atomic E-state index is 0.0773. The summed E-state index contributed by atoms with van der Waals surface area (Å²) in [4.78, 5) is 24.4. The van der Waals surface area contributed by atoms with Gasteiger partial charge in [0.25, 0.3) is 5.91 Å². The number of hydrogen-bond donors (Lipinski definition) is 2. The lowest BCUT2D eigenvalue weighted by Crippen LogP contribution is -2.22. The van der Waals surface area contributed by atoms with Gasteiger partial charge < -0.3 is 5.11 Å². The number of aromatic carboxylic acids is 1.